The molecule has 1 amide bonds. The van der Waals surface area contributed by atoms with Crippen LogP contribution >= 0.6 is 23.2 Å². The minimum absolute atomic E-state index is 0.0374. The van der Waals surface area contributed by atoms with Crippen molar-refractivity contribution in [3.63, 3.8) is 0 Å². The van der Waals surface area contributed by atoms with Crippen LogP contribution in [-0.4, -0.2) is 29.2 Å². The van der Waals surface area contributed by atoms with Crippen molar-refractivity contribution in [2.45, 2.75) is 44.8 Å². The first kappa shape index (κ1) is 21.1. The van der Waals surface area contributed by atoms with Crippen molar-refractivity contribution in [3.05, 3.63) is 69.5 Å². The number of hydrogen-bond acceptors (Lipinski definition) is 3. The fraction of sp³-hybridized carbons (Fsp3) is 0.391. The SMILES string of the molecule is O=C(C1CCCC1)N(Cc1cccc(F)c1)C[C@H]1CC(c2ccc(Cl)c(Cl)c2)=NO1. The normalized spacial score (nSPS) is 18.9. The second-order valence-corrected chi connectivity index (χ2v) is 8.74. The lowest BCUT2D eigenvalue weighted by Gasteiger charge is -2.27. The molecule has 0 unspecified atom stereocenters. The van der Waals surface area contributed by atoms with Crippen molar-refractivity contribution in [1.82, 2.24) is 4.90 Å². The molecule has 158 valence electrons. The summed E-state index contributed by atoms with van der Waals surface area (Å²) in [7, 11) is 0. The van der Waals surface area contributed by atoms with Crippen LogP contribution in [0, 0.1) is 11.7 Å². The number of halogens is 3. The Morgan fingerprint density at radius 3 is 2.67 bits per heavy atom. The van der Waals surface area contributed by atoms with E-state index in [-0.39, 0.29) is 23.7 Å². The number of oxime groups is 1. The summed E-state index contributed by atoms with van der Waals surface area (Å²) in [5.74, 6) is -0.151. The summed E-state index contributed by atoms with van der Waals surface area (Å²) in [6.07, 6.45) is 4.29. The fourth-order valence-electron chi connectivity index (χ4n) is 4.14. The van der Waals surface area contributed by atoms with E-state index in [0.29, 0.717) is 29.6 Å². The van der Waals surface area contributed by atoms with E-state index in [4.69, 9.17) is 28.0 Å². The van der Waals surface area contributed by atoms with Crippen molar-refractivity contribution in [2.24, 2.45) is 11.1 Å². The second-order valence-electron chi connectivity index (χ2n) is 7.93. The van der Waals surface area contributed by atoms with Gasteiger partial charge in [-0.3, -0.25) is 4.79 Å². The fourth-order valence-corrected chi connectivity index (χ4v) is 4.44. The molecule has 0 N–H and O–H groups in total. The van der Waals surface area contributed by atoms with E-state index in [1.807, 2.05) is 12.1 Å². The maximum absolute atomic E-state index is 13.7. The first-order valence-corrected chi connectivity index (χ1v) is 11.0. The van der Waals surface area contributed by atoms with E-state index in [1.54, 1.807) is 23.1 Å². The Hall–Kier alpha value is -2.11. The van der Waals surface area contributed by atoms with Gasteiger partial charge in [0.1, 0.15) is 5.82 Å². The van der Waals surface area contributed by atoms with Crippen molar-refractivity contribution in [1.29, 1.82) is 0 Å². The second kappa shape index (κ2) is 9.36. The van der Waals surface area contributed by atoms with Crippen LogP contribution in [0.4, 0.5) is 4.39 Å². The highest BCUT2D eigenvalue weighted by Crippen LogP contribution is 2.29. The van der Waals surface area contributed by atoms with Gasteiger partial charge in [-0.1, -0.05) is 59.4 Å². The third kappa shape index (κ3) is 4.96. The van der Waals surface area contributed by atoms with Gasteiger partial charge in [0.2, 0.25) is 5.91 Å². The van der Waals surface area contributed by atoms with Crippen LogP contribution in [-0.2, 0) is 16.2 Å². The van der Waals surface area contributed by atoms with Crippen molar-refractivity contribution >= 4 is 34.8 Å². The highest BCUT2D eigenvalue weighted by atomic mass is 35.5. The van der Waals surface area contributed by atoms with Gasteiger partial charge in [0, 0.05) is 24.4 Å². The van der Waals surface area contributed by atoms with Gasteiger partial charge >= 0.3 is 0 Å². The molecule has 2 aromatic carbocycles. The lowest BCUT2D eigenvalue weighted by molar-refractivity contribution is -0.137. The highest BCUT2D eigenvalue weighted by molar-refractivity contribution is 6.42. The molecule has 2 aromatic rings. The first-order chi connectivity index (χ1) is 14.5. The van der Waals surface area contributed by atoms with E-state index in [1.165, 1.54) is 12.1 Å². The molecule has 4 nitrogen and oxygen atoms in total. The molecule has 0 aromatic heterocycles. The van der Waals surface area contributed by atoms with E-state index in [9.17, 15) is 9.18 Å². The molecule has 4 rings (SSSR count). The molecule has 30 heavy (non-hydrogen) atoms. The number of nitrogens with zero attached hydrogens (tertiary/aromatic N) is 2. The molecular weight excluding hydrogens is 426 g/mol. The largest absolute Gasteiger partial charge is 0.390 e. The van der Waals surface area contributed by atoms with Gasteiger partial charge in [-0.05, 0) is 42.7 Å². The van der Waals surface area contributed by atoms with Gasteiger partial charge in [-0.2, -0.15) is 0 Å². The number of benzene rings is 2. The molecule has 0 spiro atoms. The maximum atomic E-state index is 13.7. The number of carbonyl (C=O) groups is 1. The Morgan fingerprint density at radius 1 is 1.13 bits per heavy atom. The van der Waals surface area contributed by atoms with Crippen LogP contribution in [0.25, 0.3) is 0 Å². The molecule has 2 aliphatic rings. The summed E-state index contributed by atoms with van der Waals surface area (Å²) in [6, 6.07) is 11.7. The quantitative estimate of drug-likeness (QED) is 0.556. The summed E-state index contributed by atoms with van der Waals surface area (Å²) in [5.41, 5.74) is 2.40. The average Bonchev–Trinajstić information content (AvgIpc) is 3.41. The average molecular weight is 449 g/mol. The van der Waals surface area contributed by atoms with Crippen LogP contribution in [0.3, 0.4) is 0 Å². The molecule has 1 heterocycles. The van der Waals surface area contributed by atoms with Crippen LogP contribution < -0.4 is 0 Å². The number of carbonyl (C=O) groups excluding carboxylic acids is 1. The van der Waals surface area contributed by atoms with Gasteiger partial charge in [-0.15, -0.1) is 0 Å². The molecule has 1 aliphatic heterocycles. The van der Waals surface area contributed by atoms with E-state index < -0.39 is 0 Å². The molecule has 1 atom stereocenters. The Kier molecular flexibility index (Phi) is 6.59. The zero-order chi connectivity index (χ0) is 21.1. The zero-order valence-corrected chi connectivity index (χ0v) is 18.0. The summed E-state index contributed by atoms with van der Waals surface area (Å²) >= 11 is 12.1. The van der Waals surface area contributed by atoms with Crippen molar-refractivity contribution < 1.29 is 14.0 Å². The highest BCUT2D eigenvalue weighted by Gasteiger charge is 2.31. The van der Waals surface area contributed by atoms with E-state index in [0.717, 1.165) is 42.5 Å². The van der Waals surface area contributed by atoms with Gasteiger partial charge in [0.25, 0.3) is 0 Å². The Labute approximate surface area is 185 Å². The minimum Gasteiger partial charge on any atom is -0.390 e. The van der Waals surface area contributed by atoms with Gasteiger partial charge in [0.05, 0.1) is 22.3 Å². The smallest absolute Gasteiger partial charge is 0.226 e. The standard InChI is InChI=1S/C23H23Cl2FN2O2/c24-20-9-8-17(11-21(20)25)22-12-19(30-27-22)14-28(23(29)16-5-1-2-6-16)13-15-4-3-7-18(26)10-15/h3-4,7-11,16,19H,1-2,5-6,12-14H2/t19-/m1/s1. The summed E-state index contributed by atoms with van der Waals surface area (Å²) in [4.78, 5) is 20.6. The maximum Gasteiger partial charge on any atom is 0.226 e. The molecule has 0 radical (unpaired) electrons. The molecule has 1 aliphatic carbocycles. The third-order valence-electron chi connectivity index (χ3n) is 5.69. The number of hydrogen-bond donors (Lipinski definition) is 0. The number of rotatable bonds is 6. The zero-order valence-electron chi connectivity index (χ0n) is 16.5. The molecule has 1 saturated carbocycles. The van der Waals surface area contributed by atoms with E-state index in [2.05, 4.69) is 5.16 Å². The monoisotopic (exact) mass is 448 g/mol. The van der Waals surface area contributed by atoms with Gasteiger partial charge in [-0.25, -0.2) is 4.39 Å². The third-order valence-corrected chi connectivity index (χ3v) is 6.43. The molecule has 1 fully saturated rings. The Bertz CT molecular complexity index is 960. The predicted octanol–water partition coefficient (Wildman–Crippen LogP) is 5.84. The molecule has 0 bridgehead atoms. The summed E-state index contributed by atoms with van der Waals surface area (Å²) < 4.78 is 13.7. The topological polar surface area (TPSA) is 41.9 Å². The molecule has 0 saturated heterocycles. The minimum atomic E-state index is -0.303. The van der Waals surface area contributed by atoms with Crippen LogP contribution in [0.5, 0.6) is 0 Å². The van der Waals surface area contributed by atoms with Crippen molar-refractivity contribution in [3.8, 4) is 0 Å². The lowest BCUT2D eigenvalue weighted by atomic mass is 10.0. The lowest BCUT2D eigenvalue weighted by Crippen LogP contribution is -2.40. The predicted molar refractivity (Wildman–Crippen MR) is 116 cm³/mol. The van der Waals surface area contributed by atoms with Crippen LogP contribution in [0.2, 0.25) is 10.0 Å². The molecular formula is C23H23Cl2FN2O2. The molecule has 7 heteroatoms. The van der Waals surface area contributed by atoms with Gasteiger partial charge in [0.15, 0.2) is 6.10 Å². The Morgan fingerprint density at radius 2 is 1.93 bits per heavy atom. The van der Waals surface area contributed by atoms with Crippen molar-refractivity contribution in [2.75, 3.05) is 6.54 Å². The summed E-state index contributed by atoms with van der Waals surface area (Å²) in [6.45, 7) is 0.759. The van der Waals surface area contributed by atoms with E-state index >= 15 is 0 Å². The summed E-state index contributed by atoms with van der Waals surface area (Å²) in [5, 5.41) is 5.15. The van der Waals surface area contributed by atoms with Crippen LogP contribution in [0.1, 0.15) is 43.2 Å². The van der Waals surface area contributed by atoms with Gasteiger partial charge < -0.3 is 9.74 Å². The first-order valence-electron chi connectivity index (χ1n) is 10.2. The Balaban J connectivity index is 1.46. The number of amides is 1. The van der Waals surface area contributed by atoms with Crippen LogP contribution in [0.15, 0.2) is 47.6 Å².